The van der Waals surface area contributed by atoms with Gasteiger partial charge in [0.2, 0.25) is 11.2 Å². The Morgan fingerprint density at radius 3 is 2.73 bits per heavy atom. The molecule has 4 heteroatoms. The Labute approximate surface area is 92.7 Å². The van der Waals surface area contributed by atoms with E-state index in [0.717, 1.165) is 11.3 Å². The molecule has 0 aliphatic carbocycles. The first-order chi connectivity index (χ1) is 7.25. The number of nitrogens with zero attached hydrogens (tertiary/aromatic N) is 2. The van der Waals surface area contributed by atoms with Gasteiger partial charge in [-0.2, -0.15) is 4.98 Å². The minimum Gasteiger partial charge on any atom is -0.439 e. The van der Waals surface area contributed by atoms with E-state index >= 15 is 0 Å². The molecule has 0 N–H and O–H groups in total. The van der Waals surface area contributed by atoms with Crippen LogP contribution in [-0.4, -0.2) is 9.97 Å². The largest absolute Gasteiger partial charge is 0.439 e. The molecule has 1 aromatic heterocycles. The summed E-state index contributed by atoms with van der Waals surface area (Å²) in [5.41, 5.74) is 1.05. The minimum absolute atomic E-state index is 0.182. The molecular weight excluding hydrogens is 212 g/mol. The predicted molar refractivity (Wildman–Crippen MR) is 58.3 cm³/mol. The van der Waals surface area contributed by atoms with Gasteiger partial charge in [-0.15, -0.1) is 0 Å². The Morgan fingerprint density at radius 1 is 1.20 bits per heavy atom. The van der Waals surface area contributed by atoms with E-state index in [1.165, 1.54) is 0 Å². The minimum atomic E-state index is 0.182. The van der Waals surface area contributed by atoms with Gasteiger partial charge in [0.05, 0.1) is 0 Å². The molecule has 0 atom stereocenters. The molecule has 0 spiro atoms. The number of para-hydroxylation sites is 1. The van der Waals surface area contributed by atoms with E-state index in [4.69, 9.17) is 16.3 Å². The molecule has 0 saturated carbocycles. The van der Waals surface area contributed by atoms with Gasteiger partial charge in [0, 0.05) is 12.3 Å². The molecule has 0 aliphatic heterocycles. The van der Waals surface area contributed by atoms with Gasteiger partial charge in [-0.05, 0) is 30.2 Å². The third kappa shape index (κ3) is 2.44. The first kappa shape index (κ1) is 9.93. The van der Waals surface area contributed by atoms with E-state index in [2.05, 4.69) is 9.97 Å². The fourth-order valence-electron chi connectivity index (χ4n) is 1.16. The van der Waals surface area contributed by atoms with E-state index in [9.17, 15) is 0 Å². The van der Waals surface area contributed by atoms with Crippen molar-refractivity contribution in [2.75, 3.05) is 0 Å². The fourth-order valence-corrected chi connectivity index (χ4v) is 1.30. The molecule has 15 heavy (non-hydrogen) atoms. The Bertz CT molecular complexity index is 474. The summed E-state index contributed by atoms with van der Waals surface area (Å²) in [6.45, 7) is 1.97. The van der Waals surface area contributed by atoms with Gasteiger partial charge in [-0.25, -0.2) is 4.98 Å². The maximum atomic E-state index is 5.65. The van der Waals surface area contributed by atoms with Gasteiger partial charge in [0.25, 0.3) is 0 Å². The molecule has 1 aromatic carbocycles. The van der Waals surface area contributed by atoms with Gasteiger partial charge in [-0.3, -0.25) is 0 Å². The highest BCUT2D eigenvalue weighted by atomic mass is 35.5. The molecule has 0 bridgehead atoms. The lowest BCUT2D eigenvalue weighted by Gasteiger charge is -2.06. The molecular formula is C11H9ClN2O. The summed E-state index contributed by atoms with van der Waals surface area (Å²) in [6, 6.07) is 9.38. The molecule has 0 saturated heterocycles. The van der Waals surface area contributed by atoms with E-state index in [0.29, 0.717) is 5.88 Å². The number of hydrogen-bond acceptors (Lipinski definition) is 3. The van der Waals surface area contributed by atoms with Gasteiger partial charge >= 0.3 is 0 Å². The number of aromatic nitrogens is 2. The molecule has 0 radical (unpaired) electrons. The van der Waals surface area contributed by atoms with Crippen LogP contribution in [0.15, 0.2) is 36.5 Å². The summed E-state index contributed by atoms with van der Waals surface area (Å²) in [6.07, 6.45) is 1.56. The Morgan fingerprint density at radius 2 is 2.00 bits per heavy atom. The lowest BCUT2D eigenvalue weighted by molar-refractivity contribution is 0.458. The van der Waals surface area contributed by atoms with Crippen molar-refractivity contribution in [1.29, 1.82) is 0 Å². The van der Waals surface area contributed by atoms with Crippen molar-refractivity contribution in [3.8, 4) is 11.6 Å². The number of rotatable bonds is 2. The van der Waals surface area contributed by atoms with Crippen LogP contribution in [0.4, 0.5) is 0 Å². The van der Waals surface area contributed by atoms with E-state index < -0.39 is 0 Å². The molecule has 0 fully saturated rings. The highest BCUT2D eigenvalue weighted by molar-refractivity contribution is 6.28. The lowest BCUT2D eigenvalue weighted by Crippen LogP contribution is -1.91. The number of hydrogen-bond donors (Lipinski definition) is 0. The summed E-state index contributed by atoms with van der Waals surface area (Å²) < 4.78 is 5.55. The third-order valence-corrected chi connectivity index (χ3v) is 2.09. The van der Waals surface area contributed by atoms with Gasteiger partial charge < -0.3 is 4.74 Å². The SMILES string of the molecule is Cc1ccccc1Oc1ccnc(Cl)n1. The highest BCUT2D eigenvalue weighted by Gasteiger charge is 2.01. The van der Waals surface area contributed by atoms with Gasteiger partial charge in [0.1, 0.15) is 5.75 Å². The van der Waals surface area contributed by atoms with Crippen molar-refractivity contribution in [1.82, 2.24) is 9.97 Å². The number of ether oxygens (including phenoxy) is 1. The van der Waals surface area contributed by atoms with E-state index in [1.807, 2.05) is 31.2 Å². The smallest absolute Gasteiger partial charge is 0.225 e. The predicted octanol–water partition coefficient (Wildman–Crippen LogP) is 3.23. The van der Waals surface area contributed by atoms with Crippen molar-refractivity contribution in [3.05, 3.63) is 47.4 Å². The van der Waals surface area contributed by atoms with Gasteiger partial charge in [-0.1, -0.05) is 18.2 Å². The second kappa shape index (κ2) is 4.28. The molecule has 3 nitrogen and oxygen atoms in total. The quantitative estimate of drug-likeness (QED) is 0.729. The Balaban J connectivity index is 2.26. The number of halogens is 1. The normalized spacial score (nSPS) is 10.0. The van der Waals surface area contributed by atoms with Crippen LogP contribution >= 0.6 is 11.6 Å². The molecule has 0 amide bonds. The standard InChI is InChI=1S/C11H9ClN2O/c1-8-4-2-3-5-9(8)15-10-6-7-13-11(12)14-10/h2-7H,1H3. The lowest BCUT2D eigenvalue weighted by atomic mass is 10.2. The van der Waals surface area contributed by atoms with Crippen molar-refractivity contribution in [2.45, 2.75) is 6.92 Å². The molecule has 2 rings (SSSR count). The van der Waals surface area contributed by atoms with E-state index in [-0.39, 0.29) is 5.28 Å². The summed E-state index contributed by atoms with van der Waals surface area (Å²) in [7, 11) is 0. The third-order valence-electron chi connectivity index (χ3n) is 1.91. The first-order valence-electron chi connectivity index (χ1n) is 4.48. The monoisotopic (exact) mass is 220 g/mol. The first-order valence-corrected chi connectivity index (χ1v) is 4.85. The van der Waals surface area contributed by atoms with Crippen molar-refractivity contribution >= 4 is 11.6 Å². The van der Waals surface area contributed by atoms with Crippen molar-refractivity contribution in [3.63, 3.8) is 0 Å². The van der Waals surface area contributed by atoms with Crippen molar-refractivity contribution in [2.24, 2.45) is 0 Å². The van der Waals surface area contributed by atoms with Crippen LogP contribution in [0.25, 0.3) is 0 Å². The summed E-state index contributed by atoms with van der Waals surface area (Å²) in [5.74, 6) is 1.22. The Hall–Kier alpha value is -1.61. The van der Waals surface area contributed by atoms with Crippen molar-refractivity contribution < 1.29 is 4.74 Å². The molecule has 0 aliphatic rings. The van der Waals surface area contributed by atoms with Crippen LogP contribution in [0.1, 0.15) is 5.56 Å². The zero-order chi connectivity index (χ0) is 10.7. The summed E-state index contributed by atoms with van der Waals surface area (Å²) in [4.78, 5) is 7.72. The zero-order valence-electron chi connectivity index (χ0n) is 8.14. The van der Waals surface area contributed by atoms with Crippen LogP contribution in [0, 0.1) is 6.92 Å². The van der Waals surface area contributed by atoms with Crippen LogP contribution in [0.5, 0.6) is 11.6 Å². The topological polar surface area (TPSA) is 35.0 Å². The fraction of sp³-hybridized carbons (Fsp3) is 0.0909. The average Bonchev–Trinajstić information content (AvgIpc) is 2.22. The van der Waals surface area contributed by atoms with E-state index in [1.54, 1.807) is 12.3 Å². The second-order valence-corrected chi connectivity index (χ2v) is 3.37. The zero-order valence-corrected chi connectivity index (χ0v) is 8.90. The molecule has 2 aromatic rings. The number of benzene rings is 1. The van der Waals surface area contributed by atoms with Crippen LogP contribution in [-0.2, 0) is 0 Å². The highest BCUT2D eigenvalue weighted by Crippen LogP contribution is 2.22. The number of aryl methyl sites for hydroxylation is 1. The summed E-state index contributed by atoms with van der Waals surface area (Å²) in [5, 5.41) is 0.182. The average molecular weight is 221 g/mol. The van der Waals surface area contributed by atoms with Crippen LogP contribution in [0.3, 0.4) is 0 Å². The second-order valence-electron chi connectivity index (χ2n) is 3.03. The molecule has 0 unspecified atom stereocenters. The Kier molecular flexibility index (Phi) is 2.83. The van der Waals surface area contributed by atoms with Gasteiger partial charge in [0.15, 0.2) is 0 Å². The summed E-state index contributed by atoms with van der Waals surface area (Å²) >= 11 is 5.65. The van der Waals surface area contributed by atoms with Crippen LogP contribution in [0.2, 0.25) is 5.28 Å². The molecule has 1 heterocycles. The molecule has 76 valence electrons. The van der Waals surface area contributed by atoms with Crippen LogP contribution < -0.4 is 4.74 Å². The maximum Gasteiger partial charge on any atom is 0.225 e. The maximum absolute atomic E-state index is 5.65.